The Bertz CT molecular complexity index is 632. The summed E-state index contributed by atoms with van der Waals surface area (Å²) in [6.07, 6.45) is 3.12. The zero-order valence-electron chi connectivity index (χ0n) is 13.7. The molecule has 0 spiro atoms. The molecule has 0 amide bonds. The Morgan fingerprint density at radius 2 is 1.91 bits per heavy atom. The molecule has 1 atom stereocenters. The summed E-state index contributed by atoms with van der Waals surface area (Å²) in [6, 6.07) is 6.85. The van der Waals surface area contributed by atoms with E-state index < -0.39 is 10.0 Å². The molecular weight excluding hydrogens is 298 g/mol. The van der Waals surface area contributed by atoms with Crippen molar-refractivity contribution in [2.75, 3.05) is 6.61 Å². The first-order chi connectivity index (χ1) is 10.3. The zero-order valence-corrected chi connectivity index (χ0v) is 14.6. The molecule has 0 aromatic heterocycles. The van der Waals surface area contributed by atoms with Crippen LogP contribution in [0.4, 0.5) is 0 Å². The number of nitrogens with zero attached hydrogens (tertiary/aromatic N) is 1. The Balaban J connectivity index is 2.40. The van der Waals surface area contributed by atoms with Crippen LogP contribution in [0, 0.1) is 12.8 Å². The molecule has 1 aromatic carbocycles. The van der Waals surface area contributed by atoms with Crippen molar-refractivity contribution in [3.8, 4) is 0 Å². The van der Waals surface area contributed by atoms with Crippen LogP contribution in [0.3, 0.4) is 0 Å². The summed E-state index contributed by atoms with van der Waals surface area (Å²) in [7, 11) is -3.54. The zero-order chi connectivity index (χ0) is 16.3. The summed E-state index contributed by atoms with van der Waals surface area (Å²) < 4.78 is 33.1. The fourth-order valence-electron chi connectivity index (χ4n) is 2.57. The molecule has 0 saturated heterocycles. The van der Waals surface area contributed by atoms with E-state index in [-0.39, 0.29) is 6.04 Å². The minimum Gasteiger partial charge on any atom is -0.494 e. The van der Waals surface area contributed by atoms with Gasteiger partial charge in [-0.25, -0.2) is 8.42 Å². The molecule has 0 saturated carbocycles. The van der Waals surface area contributed by atoms with E-state index in [0.29, 0.717) is 23.8 Å². The molecule has 0 aliphatic carbocycles. The van der Waals surface area contributed by atoms with E-state index in [4.69, 9.17) is 4.74 Å². The fraction of sp³-hybridized carbons (Fsp3) is 0.529. The van der Waals surface area contributed by atoms with Crippen LogP contribution in [0.1, 0.15) is 39.2 Å². The first-order valence-corrected chi connectivity index (χ1v) is 9.22. The van der Waals surface area contributed by atoms with Crippen molar-refractivity contribution in [3.63, 3.8) is 0 Å². The molecule has 2 rings (SSSR count). The predicted octanol–water partition coefficient (Wildman–Crippen LogP) is 3.68. The number of hydrogen-bond acceptors (Lipinski definition) is 3. The molecule has 0 radical (unpaired) electrons. The number of aryl methyl sites for hydroxylation is 1. The van der Waals surface area contributed by atoms with Gasteiger partial charge in [-0.2, -0.15) is 0 Å². The Morgan fingerprint density at radius 3 is 2.45 bits per heavy atom. The average molecular weight is 323 g/mol. The number of hydrogen-bond donors (Lipinski definition) is 0. The van der Waals surface area contributed by atoms with Gasteiger partial charge in [-0.3, -0.25) is 4.31 Å². The van der Waals surface area contributed by atoms with Crippen LogP contribution in [0.2, 0.25) is 0 Å². The van der Waals surface area contributed by atoms with Crippen LogP contribution in [-0.4, -0.2) is 25.4 Å². The summed E-state index contributed by atoms with van der Waals surface area (Å²) in [5, 5.41) is 0. The molecule has 1 aromatic rings. The largest absolute Gasteiger partial charge is 0.494 e. The molecule has 5 heteroatoms. The highest BCUT2D eigenvalue weighted by atomic mass is 32.2. The number of benzene rings is 1. The van der Waals surface area contributed by atoms with E-state index in [1.165, 1.54) is 4.31 Å². The van der Waals surface area contributed by atoms with Crippen LogP contribution >= 0.6 is 0 Å². The van der Waals surface area contributed by atoms with Gasteiger partial charge in [0.05, 0.1) is 17.1 Å². The molecule has 1 aliphatic heterocycles. The lowest BCUT2D eigenvalue weighted by Crippen LogP contribution is -2.43. The van der Waals surface area contributed by atoms with Gasteiger partial charge in [-0.1, -0.05) is 38.5 Å². The summed E-state index contributed by atoms with van der Waals surface area (Å²) >= 11 is 0. The van der Waals surface area contributed by atoms with E-state index in [9.17, 15) is 8.42 Å². The Kier molecular flexibility index (Phi) is 5.16. The second kappa shape index (κ2) is 6.73. The van der Waals surface area contributed by atoms with E-state index >= 15 is 0 Å². The van der Waals surface area contributed by atoms with Gasteiger partial charge in [0.25, 0.3) is 10.0 Å². The summed E-state index contributed by atoms with van der Waals surface area (Å²) in [5.74, 6) is 1.12. The van der Waals surface area contributed by atoms with Gasteiger partial charge in [0.2, 0.25) is 0 Å². The predicted molar refractivity (Wildman–Crippen MR) is 87.8 cm³/mol. The highest BCUT2D eigenvalue weighted by Gasteiger charge is 2.33. The molecular formula is C17H25NO3S. The van der Waals surface area contributed by atoms with Crippen LogP contribution in [0.15, 0.2) is 41.1 Å². The smallest absolute Gasteiger partial charge is 0.264 e. The maximum Gasteiger partial charge on any atom is 0.264 e. The Labute approximate surface area is 133 Å². The van der Waals surface area contributed by atoms with Crippen molar-refractivity contribution >= 4 is 10.0 Å². The van der Waals surface area contributed by atoms with Gasteiger partial charge in [0.15, 0.2) is 0 Å². The van der Waals surface area contributed by atoms with Crippen LogP contribution < -0.4 is 0 Å². The summed E-state index contributed by atoms with van der Waals surface area (Å²) in [6.45, 7) is 8.52. The molecule has 0 N–H and O–H groups in total. The minimum absolute atomic E-state index is 0.151. The molecule has 0 bridgehead atoms. The van der Waals surface area contributed by atoms with Crippen LogP contribution in [-0.2, 0) is 14.8 Å². The van der Waals surface area contributed by atoms with Crippen molar-refractivity contribution in [2.45, 2.75) is 51.5 Å². The number of sulfonamides is 1. The van der Waals surface area contributed by atoms with Gasteiger partial charge < -0.3 is 4.74 Å². The third-order valence-electron chi connectivity index (χ3n) is 3.78. The first kappa shape index (κ1) is 16.9. The molecule has 4 nitrogen and oxygen atoms in total. The lowest BCUT2D eigenvalue weighted by Gasteiger charge is -2.35. The standard InChI is InChI=1S/C17H25NO3S/c1-5-16-11-18(15(12-21-16)10-13(2)3)22(19,20)17-8-6-14(4)7-9-17/h6-9,11,13,15H,5,10,12H2,1-4H3/t15-/m0/s1. The summed E-state index contributed by atoms with van der Waals surface area (Å²) in [5.41, 5.74) is 1.05. The number of rotatable bonds is 5. The lowest BCUT2D eigenvalue weighted by molar-refractivity contribution is 0.111. The van der Waals surface area contributed by atoms with Crippen LogP contribution in [0.25, 0.3) is 0 Å². The van der Waals surface area contributed by atoms with Gasteiger partial charge >= 0.3 is 0 Å². The maximum atomic E-state index is 13.0. The van der Waals surface area contributed by atoms with Gasteiger partial charge in [-0.05, 0) is 31.4 Å². The lowest BCUT2D eigenvalue weighted by atomic mass is 10.0. The first-order valence-electron chi connectivity index (χ1n) is 7.78. The van der Waals surface area contributed by atoms with E-state index in [1.54, 1.807) is 18.3 Å². The van der Waals surface area contributed by atoms with Crippen molar-refractivity contribution in [2.24, 2.45) is 5.92 Å². The second-order valence-electron chi connectivity index (χ2n) is 6.19. The topological polar surface area (TPSA) is 46.6 Å². The molecule has 1 aliphatic rings. The molecule has 1 heterocycles. The van der Waals surface area contributed by atoms with Gasteiger partial charge in [-0.15, -0.1) is 0 Å². The quantitative estimate of drug-likeness (QED) is 0.830. The second-order valence-corrected chi connectivity index (χ2v) is 8.03. The normalized spacial score (nSPS) is 19.0. The molecule has 22 heavy (non-hydrogen) atoms. The molecule has 122 valence electrons. The molecule has 0 unspecified atom stereocenters. The monoisotopic (exact) mass is 323 g/mol. The third-order valence-corrected chi connectivity index (χ3v) is 5.61. The van der Waals surface area contributed by atoms with Gasteiger partial charge in [0.1, 0.15) is 12.4 Å². The number of ether oxygens (including phenoxy) is 1. The van der Waals surface area contributed by atoms with E-state index in [1.807, 2.05) is 26.0 Å². The van der Waals surface area contributed by atoms with Crippen LogP contribution in [0.5, 0.6) is 0 Å². The highest BCUT2D eigenvalue weighted by Crippen LogP contribution is 2.28. The van der Waals surface area contributed by atoms with E-state index in [2.05, 4.69) is 13.8 Å². The van der Waals surface area contributed by atoms with Crippen molar-refractivity contribution in [1.29, 1.82) is 0 Å². The van der Waals surface area contributed by atoms with Crippen molar-refractivity contribution in [1.82, 2.24) is 4.31 Å². The SMILES string of the molecule is CCC1=CN(S(=O)(=O)c2ccc(C)cc2)[C@@H](CC(C)C)CO1. The fourth-order valence-corrected chi connectivity index (χ4v) is 4.09. The Hall–Kier alpha value is -1.49. The van der Waals surface area contributed by atoms with Gasteiger partial charge in [0, 0.05) is 6.42 Å². The van der Waals surface area contributed by atoms with Crippen molar-refractivity contribution < 1.29 is 13.2 Å². The maximum absolute atomic E-state index is 13.0. The minimum atomic E-state index is -3.54. The average Bonchev–Trinajstić information content (AvgIpc) is 2.47. The summed E-state index contributed by atoms with van der Waals surface area (Å²) in [4.78, 5) is 0.334. The molecule has 0 fully saturated rings. The third kappa shape index (κ3) is 3.64. The number of allylic oxidation sites excluding steroid dienone is 1. The Morgan fingerprint density at radius 1 is 1.27 bits per heavy atom. The highest BCUT2D eigenvalue weighted by molar-refractivity contribution is 7.89. The van der Waals surface area contributed by atoms with E-state index in [0.717, 1.165) is 17.7 Å². The van der Waals surface area contributed by atoms with Crippen molar-refractivity contribution in [3.05, 3.63) is 41.8 Å².